The molecule has 0 aliphatic rings. The molecule has 1 rings (SSSR count). The Hall–Kier alpha value is -2.30. The molecular formula is C18H25NO4. The lowest BCUT2D eigenvalue weighted by atomic mass is 10.0. The summed E-state index contributed by atoms with van der Waals surface area (Å²) >= 11 is 0. The molecule has 0 atom stereocenters. The first kappa shape index (κ1) is 18.7. The van der Waals surface area contributed by atoms with Crippen molar-refractivity contribution < 1.29 is 19.4 Å². The van der Waals surface area contributed by atoms with Crippen LogP contribution in [-0.4, -0.2) is 29.1 Å². The number of phenolic OH excluding ortho intramolecular Hbond substituents is 1. The molecule has 0 unspecified atom stereocenters. The van der Waals surface area contributed by atoms with Crippen molar-refractivity contribution in [1.29, 1.82) is 0 Å². The summed E-state index contributed by atoms with van der Waals surface area (Å²) in [5.41, 5.74) is 0.659. The molecule has 0 radical (unpaired) electrons. The zero-order valence-electron chi connectivity index (χ0n) is 14.2. The van der Waals surface area contributed by atoms with E-state index in [0.29, 0.717) is 24.9 Å². The number of amides is 1. The number of phenols is 1. The van der Waals surface area contributed by atoms with E-state index < -0.39 is 11.7 Å². The molecule has 0 saturated carbocycles. The van der Waals surface area contributed by atoms with Gasteiger partial charge in [0, 0.05) is 13.0 Å². The van der Waals surface area contributed by atoms with E-state index >= 15 is 0 Å². The van der Waals surface area contributed by atoms with Crippen molar-refractivity contribution >= 4 is 18.0 Å². The van der Waals surface area contributed by atoms with E-state index in [0.717, 1.165) is 5.56 Å². The molecule has 0 aromatic heterocycles. The van der Waals surface area contributed by atoms with Gasteiger partial charge in [-0.25, -0.2) is 4.79 Å². The third kappa shape index (κ3) is 7.00. The van der Waals surface area contributed by atoms with E-state index in [2.05, 4.69) is 5.32 Å². The maximum atomic E-state index is 11.7. The van der Waals surface area contributed by atoms with Crippen molar-refractivity contribution in [1.82, 2.24) is 5.32 Å². The Kier molecular flexibility index (Phi) is 6.82. The third-order valence-electron chi connectivity index (χ3n) is 2.93. The number of carbonyl (C=O) groups excluding carboxylic acids is 2. The molecule has 1 amide bonds. The van der Waals surface area contributed by atoms with Crippen molar-refractivity contribution in [3.63, 3.8) is 0 Å². The molecule has 5 heteroatoms. The van der Waals surface area contributed by atoms with E-state index in [1.54, 1.807) is 19.1 Å². The quantitative estimate of drug-likeness (QED) is 0.615. The molecule has 0 fully saturated rings. The van der Waals surface area contributed by atoms with E-state index in [4.69, 9.17) is 4.74 Å². The molecule has 5 nitrogen and oxygen atoms in total. The Balaban J connectivity index is 2.50. The SMILES string of the molecule is CCC(=O)c1cc(C=CCCNC(=O)OC(C)(C)C)ccc1O. The highest BCUT2D eigenvalue weighted by atomic mass is 16.6. The lowest BCUT2D eigenvalue weighted by Crippen LogP contribution is -2.32. The zero-order chi connectivity index (χ0) is 17.5. The van der Waals surface area contributed by atoms with E-state index in [-0.39, 0.29) is 11.5 Å². The molecule has 0 bridgehead atoms. The average Bonchev–Trinajstić information content (AvgIpc) is 2.45. The van der Waals surface area contributed by atoms with Crippen molar-refractivity contribution in [3.8, 4) is 5.75 Å². The summed E-state index contributed by atoms with van der Waals surface area (Å²) in [7, 11) is 0. The molecule has 0 spiro atoms. The normalized spacial score (nSPS) is 11.5. The zero-order valence-corrected chi connectivity index (χ0v) is 14.2. The summed E-state index contributed by atoms with van der Waals surface area (Å²) in [6.07, 6.45) is 4.29. The van der Waals surface area contributed by atoms with Gasteiger partial charge in [0.15, 0.2) is 5.78 Å². The van der Waals surface area contributed by atoms with Crippen LogP contribution in [0.5, 0.6) is 5.75 Å². The fourth-order valence-electron chi connectivity index (χ4n) is 1.86. The highest BCUT2D eigenvalue weighted by molar-refractivity contribution is 5.98. The smallest absolute Gasteiger partial charge is 0.407 e. The molecule has 0 saturated heterocycles. The molecular weight excluding hydrogens is 294 g/mol. The van der Waals surface area contributed by atoms with Gasteiger partial charge >= 0.3 is 6.09 Å². The maximum absolute atomic E-state index is 11.7. The van der Waals surface area contributed by atoms with Gasteiger partial charge in [-0.2, -0.15) is 0 Å². The number of ketones is 1. The van der Waals surface area contributed by atoms with Crippen molar-refractivity contribution in [2.75, 3.05) is 6.54 Å². The van der Waals surface area contributed by atoms with Crippen LogP contribution in [0, 0.1) is 0 Å². The highest BCUT2D eigenvalue weighted by Crippen LogP contribution is 2.21. The summed E-state index contributed by atoms with van der Waals surface area (Å²) in [6, 6.07) is 4.92. The lowest BCUT2D eigenvalue weighted by Gasteiger charge is -2.19. The number of alkyl carbamates (subject to hydrolysis) is 1. The number of benzene rings is 1. The second-order valence-corrected chi connectivity index (χ2v) is 6.17. The average molecular weight is 319 g/mol. The molecule has 0 aliphatic carbocycles. The second kappa shape index (κ2) is 8.36. The van der Waals surface area contributed by atoms with E-state index in [1.807, 2.05) is 32.9 Å². The van der Waals surface area contributed by atoms with Crippen LogP contribution in [0.3, 0.4) is 0 Å². The lowest BCUT2D eigenvalue weighted by molar-refractivity contribution is 0.0528. The molecule has 126 valence electrons. The van der Waals surface area contributed by atoms with Crippen LogP contribution in [0.2, 0.25) is 0 Å². The summed E-state index contributed by atoms with van der Waals surface area (Å²) < 4.78 is 5.13. The molecule has 23 heavy (non-hydrogen) atoms. The first-order valence-corrected chi connectivity index (χ1v) is 7.72. The van der Waals surface area contributed by atoms with Gasteiger partial charge in [-0.1, -0.05) is 25.1 Å². The maximum Gasteiger partial charge on any atom is 0.407 e. The molecule has 0 heterocycles. The molecule has 1 aromatic carbocycles. The minimum Gasteiger partial charge on any atom is -0.507 e. The monoisotopic (exact) mass is 319 g/mol. The van der Waals surface area contributed by atoms with Crippen LogP contribution in [0.1, 0.15) is 56.5 Å². The number of nitrogens with one attached hydrogen (secondary N) is 1. The van der Waals surface area contributed by atoms with Crippen LogP contribution in [0.25, 0.3) is 6.08 Å². The summed E-state index contributed by atoms with van der Waals surface area (Å²) in [5, 5.41) is 12.4. The van der Waals surface area contributed by atoms with Crippen LogP contribution < -0.4 is 5.32 Å². The first-order chi connectivity index (χ1) is 10.7. The number of hydrogen-bond donors (Lipinski definition) is 2. The van der Waals surface area contributed by atoms with Gasteiger partial charge in [0.05, 0.1) is 5.56 Å². The minimum atomic E-state index is -0.506. The summed E-state index contributed by atoms with van der Waals surface area (Å²) in [4.78, 5) is 23.2. The number of rotatable bonds is 6. The number of hydrogen-bond acceptors (Lipinski definition) is 4. The van der Waals surface area contributed by atoms with Crippen LogP contribution in [-0.2, 0) is 4.74 Å². The third-order valence-corrected chi connectivity index (χ3v) is 2.93. The minimum absolute atomic E-state index is 0.000549. The largest absolute Gasteiger partial charge is 0.507 e. The van der Waals surface area contributed by atoms with Gasteiger partial charge in [-0.3, -0.25) is 4.79 Å². The Morgan fingerprint density at radius 1 is 1.30 bits per heavy atom. The van der Waals surface area contributed by atoms with Crippen molar-refractivity contribution in [2.45, 2.75) is 46.1 Å². The fourth-order valence-corrected chi connectivity index (χ4v) is 1.86. The van der Waals surface area contributed by atoms with Gasteiger partial charge in [0.1, 0.15) is 11.4 Å². The van der Waals surface area contributed by atoms with Crippen molar-refractivity contribution in [3.05, 3.63) is 35.4 Å². The summed E-state index contributed by atoms with van der Waals surface area (Å²) in [6.45, 7) is 7.66. The molecule has 1 aromatic rings. The Bertz CT molecular complexity index is 585. The van der Waals surface area contributed by atoms with Gasteiger partial charge < -0.3 is 15.2 Å². The second-order valence-electron chi connectivity index (χ2n) is 6.17. The molecule has 2 N–H and O–H groups in total. The number of ether oxygens (including phenoxy) is 1. The Morgan fingerprint density at radius 2 is 2.00 bits per heavy atom. The first-order valence-electron chi connectivity index (χ1n) is 7.72. The Labute approximate surface area is 137 Å². The topological polar surface area (TPSA) is 75.6 Å². The van der Waals surface area contributed by atoms with E-state index in [1.165, 1.54) is 6.07 Å². The summed E-state index contributed by atoms with van der Waals surface area (Å²) in [5.74, 6) is -0.0927. The van der Waals surface area contributed by atoms with Crippen molar-refractivity contribution in [2.24, 2.45) is 0 Å². The standard InChI is InChI=1S/C18H25NO4/c1-5-15(20)14-12-13(9-10-16(14)21)8-6-7-11-19-17(22)23-18(2,3)4/h6,8-10,12,21H,5,7,11H2,1-4H3,(H,19,22). The van der Waals surface area contributed by atoms with Gasteiger partial charge in [-0.15, -0.1) is 0 Å². The number of Topliss-reactive ketones (excluding diaryl/α,β-unsaturated/α-hetero) is 1. The predicted molar refractivity (Wildman–Crippen MR) is 90.6 cm³/mol. The van der Waals surface area contributed by atoms with Gasteiger partial charge in [0.25, 0.3) is 0 Å². The number of aromatic hydroxyl groups is 1. The van der Waals surface area contributed by atoms with Gasteiger partial charge in [-0.05, 0) is 44.9 Å². The van der Waals surface area contributed by atoms with Crippen LogP contribution in [0.15, 0.2) is 24.3 Å². The molecule has 0 aliphatic heterocycles. The highest BCUT2D eigenvalue weighted by Gasteiger charge is 2.15. The Morgan fingerprint density at radius 3 is 2.61 bits per heavy atom. The van der Waals surface area contributed by atoms with Crippen LogP contribution >= 0.6 is 0 Å². The fraction of sp³-hybridized carbons (Fsp3) is 0.444. The van der Waals surface area contributed by atoms with E-state index in [9.17, 15) is 14.7 Å². The number of carbonyl (C=O) groups is 2. The van der Waals surface area contributed by atoms with Crippen LogP contribution in [0.4, 0.5) is 4.79 Å². The van der Waals surface area contributed by atoms with Gasteiger partial charge in [0.2, 0.25) is 0 Å². The predicted octanol–water partition coefficient (Wildman–Crippen LogP) is 3.91.